The number of hydrogen-bond donors (Lipinski definition) is 1. The number of amides is 1. The minimum atomic E-state index is -0.284. The summed E-state index contributed by atoms with van der Waals surface area (Å²) in [7, 11) is 2.18. The van der Waals surface area contributed by atoms with Crippen LogP contribution in [-0.2, 0) is 0 Å². The van der Waals surface area contributed by atoms with Gasteiger partial charge in [0.2, 0.25) is 0 Å². The topological polar surface area (TPSA) is 55.5 Å². The second kappa shape index (κ2) is 7.78. The molecule has 2 aliphatic rings. The molecule has 2 fully saturated rings. The molecule has 3 heterocycles. The van der Waals surface area contributed by atoms with Crippen LogP contribution in [0.5, 0.6) is 0 Å². The van der Waals surface area contributed by atoms with Crippen molar-refractivity contribution >= 4 is 5.91 Å². The lowest BCUT2D eigenvalue weighted by Gasteiger charge is -2.42. The van der Waals surface area contributed by atoms with Gasteiger partial charge in [-0.15, -0.1) is 0 Å². The van der Waals surface area contributed by atoms with E-state index in [4.69, 9.17) is 0 Å². The number of piperazine rings is 1. The van der Waals surface area contributed by atoms with Crippen molar-refractivity contribution in [1.82, 2.24) is 24.9 Å². The van der Waals surface area contributed by atoms with E-state index in [-0.39, 0.29) is 11.7 Å². The smallest absolute Gasteiger partial charge is 0.271 e. The fourth-order valence-corrected chi connectivity index (χ4v) is 4.02. The largest absolute Gasteiger partial charge is 0.335 e. The standard InChI is InChI=1S/C20H26FN5O/c1-24-8-6-17(7-9-24)25-10-12-26(13-11-25)20(27)19-14-18(22-23-19)15-2-4-16(21)5-3-15/h2-5,14,17H,6-13H2,1H3,(H,22,23). The van der Waals surface area contributed by atoms with Crippen molar-refractivity contribution in [2.45, 2.75) is 18.9 Å². The molecule has 2 aromatic rings. The highest BCUT2D eigenvalue weighted by Gasteiger charge is 2.29. The summed E-state index contributed by atoms with van der Waals surface area (Å²) in [6.07, 6.45) is 2.43. The molecule has 0 radical (unpaired) electrons. The van der Waals surface area contributed by atoms with Gasteiger partial charge in [-0.2, -0.15) is 5.10 Å². The molecule has 0 bridgehead atoms. The number of piperidine rings is 1. The van der Waals surface area contributed by atoms with Crippen LogP contribution in [0.4, 0.5) is 4.39 Å². The normalized spacial score (nSPS) is 20.1. The van der Waals surface area contributed by atoms with Gasteiger partial charge in [-0.05, 0) is 63.3 Å². The number of aromatic amines is 1. The summed E-state index contributed by atoms with van der Waals surface area (Å²) in [4.78, 5) is 19.6. The number of carbonyl (C=O) groups is 1. The van der Waals surface area contributed by atoms with Gasteiger partial charge in [0, 0.05) is 37.8 Å². The van der Waals surface area contributed by atoms with E-state index in [0.29, 0.717) is 17.4 Å². The van der Waals surface area contributed by atoms with Gasteiger partial charge < -0.3 is 9.80 Å². The molecule has 0 atom stereocenters. The van der Waals surface area contributed by atoms with Crippen molar-refractivity contribution in [3.05, 3.63) is 41.8 Å². The van der Waals surface area contributed by atoms with Crippen LogP contribution in [0, 0.1) is 5.82 Å². The van der Waals surface area contributed by atoms with Gasteiger partial charge in [0.15, 0.2) is 0 Å². The zero-order chi connectivity index (χ0) is 18.8. The highest BCUT2D eigenvalue weighted by atomic mass is 19.1. The summed E-state index contributed by atoms with van der Waals surface area (Å²) >= 11 is 0. The number of hydrogen-bond acceptors (Lipinski definition) is 4. The molecule has 4 rings (SSSR count). The second-order valence-electron chi connectivity index (χ2n) is 7.54. The molecule has 27 heavy (non-hydrogen) atoms. The van der Waals surface area contributed by atoms with Gasteiger partial charge in [0.1, 0.15) is 11.5 Å². The molecule has 0 unspecified atom stereocenters. The van der Waals surface area contributed by atoms with Crippen LogP contribution in [-0.4, -0.2) is 83.2 Å². The molecule has 1 aromatic heterocycles. The van der Waals surface area contributed by atoms with Gasteiger partial charge in [-0.3, -0.25) is 14.8 Å². The van der Waals surface area contributed by atoms with E-state index in [1.54, 1.807) is 18.2 Å². The van der Waals surface area contributed by atoms with Gasteiger partial charge in [0.25, 0.3) is 5.91 Å². The highest BCUT2D eigenvalue weighted by Crippen LogP contribution is 2.21. The number of H-pyrrole nitrogens is 1. The number of likely N-dealkylation sites (tertiary alicyclic amines) is 1. The van der Waals surface area contributed by atoms with Gasteiger partial charge >= 0.3 is 0 Å². The maximum atomic E-state index is 13.1. The number of nitrogens with zero attached hydrogens (tertiary/aromatic N) is 4. The van der Waals surface area contributed by atoms with Crippen molar-refractivity contribution in [2.75, 3.05) is 46.3 Å². The van der Waals surface area contributed by atoms with Crippen LogP contribution >= 0.6 is 0 Å². The van der Waals surface area contributed by atoms with Crippen LogP contribution in [0.25, 0.3) is 11.3 Å². The summed E-state index contributed by atoms with van der Waals surface area (Å²) in [5.41, 5.74) is 1.93. The third-order valence-corrected chi connectivity index (χ3v) is 5.75. The Bertz CT molecular complexity index is 774. The number of carbonyl (C=O) groups excluding carboxylic acids is 1. The van der Waals surface area contributed by atoms with Crippen LogP contribution in [0.3, 0.4) is 0 Å². The molecule has 1 aromatic carbocycles. The molecule has 0 aliphatic carbocycles. The lowest BCUT2D eigenvalue weighted by molar-refractivity contribution is 0.0471. The minimum absolute atomic E-state index is 0.0149. The van der Waals surface area contributed by atoms with E-state index in [9.17, 15) is 9.18 Å². The lowest BCUT2D eigenvalue weighted by atomic mass is 10.0. The molecule has 0 saturated carbocycles. The van der Waals surface area contributed by atoms with E-state index < -0.39 is 0 Å². The third kappa shape index (κ3) is 4.04. The fraction of sp³-hybridized carbons (Fsp3) is 0.500. The molecule has 2 saturated heterocycles. The molecule has 2 aliphatic heterocycles. The number of nitrogens with one attached hydrogen (secondary N) is 1. The maximum Gasteiger partial charge on any atom is 0.271 e. The first-order valence-electron chi connectivity index (χ1n) is 9.63. The molecular formula is C20H26FN5O. The zero-order valence-corrected chi connectivity index (χ0v) is 15.7. The third-order valence-electron chi connectivity index (χ3n) is 5.75. The number of aromatic nitrogens is 2. The van der Waals surface area contributed by atoms with Crippen LogP contribution < -0.4 is 0 Å². The molecular weight excluding hydrogens is 345 g/mol. The van der Waals surface area contributed by atoms with E-state index in [0.717, 1.165) is 44.8 Å². The Morgan fingerprint density at radius 3 is 2.41 bits per heavy atom. The molecule has 7 heteroatoms. The van der Waals surface area contributed by atoms with Crippen molar-refractivity contribution in [3.8, 4) is 11.3 Å². The van der Waals surface area contributed by atoms with Gasteiger partial charge in [-0.1, -0.05) is 0 Å². The van der Waals surface area contributed by atoms with E-state index in [2.05, 4.69) is 27.0 Å². The Hall–Kier alpha value is -2.25. The van der Waals surface area contributed by atoms with Crippen molar-refractivity contribution in [2.24, 2.45) is 0 Å². The summed E-state index contributed by atoms with van der Waals surface area (Å²) in [5.74, 6) is -0.299. The molecule has 1 N–H and O–H groups in total. The Kier molecular flexibility index (Phi) is 5.22. The monoisotopic (exact) mass is 371 g/mol. The molecule has 0 spiro atoms. The molecule has 6 nitrogen and oxygen atoms in total. The number of rotatable bonds is 3. The van der Waals surface area contributed by atoms with Crippen molar-refractivity contribution in [1.29, 1.82) is 0 Å². The Balaban J connectivity index is 1.35. The second-order valence-corrected chi connectivity index (χ2v) is 7.54. The van der Waals surface area contributed by atoms with Crippen LogP contribution in [0.2, 0.25) is 0 Å². The minimum Gasteiger partial charge on any atom is -0.335 e. The molecule has 1 amide bonds. The quantitative estimate of drug-likeness (QED) is 0.898. The fourth-order valence-electron chi connectivity index (χ4n) is 4.02. The first-order chi connectivity index (χ1) is 13.1. The van der Waals surface area contributed by atoms with E-state index >= 15 is 0 Å². The van der Waals surface area contributed by atoms with Crippen molar-refractivity contribution in [3.63, 3.8) is 0 Å². The summed E-state index contributed by atoms with van der Waals surface area (Å²) in [6, 6.07) is 8.52. The van der Waals surface area contributed by atoms with Crippen molar-refractivity contribution < 1.29 is 9.18 Å². The van der Waals surface area contributed by atoms with E-state index in [1.807, 2.05) is 4.90 Å². The first kappa shape index (κ1) is 18.1. The Labute approximate surface area is 158 Å². The van der Waals surface area contributed by atoms with Gasteiger partial charge in [-0.25, -0.2) is 4.39 Å². The predicted octanol–water partition coefficient (Wildman–Crippen LogP) is 2.07. The predicted molar refractivity (Wildman–Crippen MR) is 102 cm³/mol. The lowest BCUT2D eigenvalue weighted by Crippen LogP contribution is -2.54. The number of halogens is 1. The van der Waals surface area contributed by atoms with Gasteiger partial charge in [0.05, 0.1) is 5.69 Å². The first-order valence-corrected chi connectivity index (χ1v) is 9.63. The van der Waals surface area contributed by atoms with E-state index in [1.165, 1.54) is 25.0 Å². The number of benzene rings is 1. The average molecular weight is 371 g/mol. The average Bonchev–Trinajstić information content (AvgIpc) is 3.19. The highest BCUT2D eigenvalue weighted by molar-refractivity contribution is 5.93. The Morgan fingerprint density at radius 2 is 1.74 bits per heavy atom. The zero-order valence-electron chi connectivity index (χ0n) is 15.7. The maximum absolute atomic E-state index is 13.1. The summed E-state index contributed by atoms with van der Waals surface area (Å²) in [5, 5.41) is 7.06. The summed E-state index contributed by atoms with van der Waals surface area (Å²) in [6.45, 7) is 5.67. The molecule has 144 valence electrons. The summed E-state index contributed by atoms with van der Waals surface area (Å²) < 4.78 is 13.1. The van der Waals surface area contributed by atoms with Crippen LogP contribution in [0.15, 0.2) is 30.3 Å². The van der Waals surface area contributed by atoms with Crippen LogP contribution in [0.1, 0.15) is 23.3 Å². The SMILES string of the molecule is CN1CCC(N2CCN(C(=O)c3cc(-c4ccc(F)cc4)n[nH]3)CC2)CC1. The Morgan fingerprint density at radius 1 is 1.07 bits per heavy atom.